The molecule has 234 valence electrons. The summed E-state index contributed by atoms with van der Waals surface area (Å²) >= 11 is 0. The maximum Gasteiger partial charge on any atom is 0.200 e. The number of methoxy groups -OCH3 is 1. The molecule has 11 nitrogen and oxygen atoms in total. The van der Waals surface area contributed by atoms with Crippen LogP contribution in [-0.2, 0) is 13.1 Å². The van der Waals surface area contributed by atoms with Crippen molar-refractivity contribution < 1.29 is 4.74 Å². The third-order valence-electron chi connectivity index (χ3n) is 8.17. The molecule has 0 aliphatic heterocycles. The average molecular weight is 607 g/mol. The molecular weight excluding hydrogens is 564 g/mol. The van der Waals surface area contributed by atoms with Crippen LogP contribution < -0.4 is 27.7 Å². The Balaban J connectivity index is 0.000000178. The van der Waals surface area contributed by atoms with E-state index in [9.17, 15) is 0 Å². The molecule has 4 aromatic heterocycles. The van der Waals surface area contributed by atoms with Crippen molar-refractivity contribution in [2.45, 2.75) is 61.6 Å². The van der Waals surface area contributed by atoms with Gasteiger partial charge in [0.05, 0.1) is 30.9 Å². The first kappa shape index (κ1) is 31.4. The molecule has 45 heavy (non-hydrogen) atoms. The van der Waals surface area contributed by atoms with Gasteiger partial charge in [0.15, 0.2) is 17.0 Å². The third kappa shape index (κ3) is 5.45. The van der Waals surface area contributed by atoms with Gasteiger partial charge in [-0.1, -0.05) is 35.4 Å². The number of fused-ring (bicyclic) bond motifs is 2. The van der Waals surface area contributed by atoms with Gasteiger partial charge in [-0.3, -0.25) is 0 Å². The number of rotatable bonds is 5. The van der Waals surface area contributed by atoms with Gasteiger partial charge in [0.25, 0.3) is 0 Å². The van der Waals surface area contributed by atoms with Crippen LogP contribution in [0, 0.1) is 48.5 Å². The second-order valence-electron chi connectivity index (χ2n) is 11.6. The zero-order valence-electron chi connectivity index (χ0n) is 27.3. The van der Waals surface area contributed by atoms with Crippen LogP contribution in [0.5, 0.6) is 5.75 Å². The van der Waals surface area contributed by atoms with Gasteiger partial charge >= 0.3 is 0 Å². The Morgan fingerprint density at radius 3 is 1.42 bits per heavy atom. The first-order chi connectivity index (χ1) is 21.4. The molecule has 0 saturated carbocycles. The minimum Gasteiger partial charge on any atom is -0.491 e. The largest absolute Gasteiger partial charge is 0.491 e. The first-order valence-corrected chi connectivity index (χ1v) is 14.8. The molecule has 11 heteroatoms. The van der Waals surface area contributed by atoms with Crippen molar-refractivity contribution in [2.24, 2.45) is 11.5 Å². The molecule has 6 rings (SSSR count). The Bertz CT molecular complexity index is 2030. The maximum absolute atomic E-state index is 6.29. The summed E-state index contributed by atoms with van der Waals surface area (Å²) in [4.78, 5) is 9.60. The number of hydrogen-bond acceptors (Lipinski definition) is 9. The molecule has 0 unspecified atom stereocenters. The first-order valence-electron chi connectivity index (χ1n) is 14.8. The summed E-state index contributed by atoms with van der Waals surface area (Å²) in [5.41, 5.74) is 39.4. The van der Waals surface area contributed by atoms with Crippen molar-refractivity contribution in [3.8, 4) is 28.3 Å². The SMILES string of the molecule is COc1cnn2c(N)c(CN)c(-c3c(C)cc(C)cc3C)nc12.Cc1cc(C)c(-c2nc3c(C)cnn3c(N)c2CN)c(C)c1. The number of benzene rings is 2. The van der Waals surface area contributed by atoms with Crippen molar-refractivity contribution in [2.75, 3.05) is 18.6 Å². The summed E-state index contributed by atoms with van der Waals surface area (Å²) in [6.07, 6.45) is 3.38. The van der Waals surface area contributed by atoms with E-state index in [0.717, 1.165) is 56.0 Å². The number of nitrogens with two attached hydrogens (primary N) is 4. The van der Waals surface area contributed by atoms with Crippen LogP contribution in [-0.4, -0.2) is 36.3 Å². The number of ether oxygens (including phenoxy) is 1. The van der Waals surface area contributed by atoms with E-state index < -0.39 is 0 Å². The number of aromatic nitrogens is 6. The Kier molecular flexibility index (Phi) is 8.51. The van der Waals surface area contributed by atoms with Gasteiger partial charge in [-0.25, -0.2) is 9.97 Å². The lowest BCUT2D eigenvalue weighted by Crippen LogP contribution is -2.12. The van der Waals surface area contributed by atoms with Crippen molar-refractivity contribution in [3.63, 3.8) is 0 Å². The molecule has 4 heterocycles. The van der Waals surface area contributed by atoms with Crippen LogP contribution in [0.15, 0.2) is 36.7 Å². The summed E-state index contributed by atoms with van der Waals surface area (Å²) in [5, 5.41) is 8.53. The standard InChI is InChI=1S/C17H21N5O.C17H21N5/c1-9-5-10(2)14(11(3)6-9)15-12(7-18)16(19)22-17(21-15)13(23-4)8-20-22;1-9-5-10(2)14(11(3)6-9)15-13(7-18)16(19)22-17(21-15)12(4)8-20-22/h5-6,8H,7,18-19H2,1-4H3;5-6,8H,7,18-19H2,1-4H3. The van der Waals surface area contributed by atoms with Crippen molar-refractivity contribution in [1.82, 2.24) is 29.2 Å². The lowest BCUT2D eigenvalue weighted by molar-refractivity contribution is 0.418. The summed E-state index contributed by atoms with van der Waals surface area (Å²) in [5.74, 6) is 1.65. The quantitative estimate of drug-likeness (QED) is 0.210. The number of nitrogens with zero attached hydrogens (tertiary/aromatic N) is 6. The van der Waals surface area contributed by atoms with Crippen LogP contribution >= 0.6 is 0 Å². The lowest BCUT2D eigenvalue weighted by atomic mass is 9.94. The van der Waals surface area contributed by atoms with Gasteiger partial charge in [0.1, 0.15) is 11.6 Å². The van der Waals surface area contributed by atoms with Crippen LogP contribution in [0.4, 0.5) is 11.6 Å². The van der Waals surface area contributed by atoms with E-state index in [2.05, 4.69) is 76.0 Å². The Morgan fingerprint density at radius 1 is 0.600 bits per heavy atom. The van der Waals surface area contributed by atoms with E-state index >= 15 is 0 Å². The predicted molar refractivity (Wildman–Crippen MR) is 181 cm³/mol. The number of aryl methyl sites for hydroxylation is 7. The molecule has 0 bridgehead atoms. The summed E-state index contributed by atoms with van der Waals surface area (Å²) in [6, 6.07) is 8.60. The molecule has 0 amide bonds. The zero-order chi connectivity index (χ0) is 32.7. The van der Waals surface area contributed by atoms with Gasteiger partial charge in [-0.2, -0.15) is 19.2 Å². The van der Waals surface area contributed by atoms with E-state index in [1.165, 1.54) is 22.3 Å². The fraction of sp³-hybridized carbons (Fsp3) is 0.294. The Morgan fingerprint density at radius 2 is 1.00 bits per heavy atom. The summed E-state index contributed by atoms with van der Waals surface area (Å²) in [7, 11) is 1.59. The highest BCUT2D eigenvalue weighted by molar-refractivity contribution is 5.78. The van der Waals surface area contributed by atoms with E-state index in [4.69, 9.17) is 37.6 Å². The fourth-order valence-electron chi connectivity index (χ4n) is 6.25. The highest BCUT2D eigenvalue weighted by atomic mass is 16.5. The van der Waals surface area contributed by atoms with Crippen LogP contribution in [0.25, 0.3) is 33.8 Å². The Hall–Kier alpha value is -5.00. The van der Waals surface area contributed by atoms with Crippen LogP contribution in [0.1, 0.15) is 50.1 Å². The second-order valence-corrected chi connectivity index (χ2v) is 11.6. The number of hydrogen-bond donors (Lipinski definition) is 4. The predicted octanol–water partition coefficient (Wildman–Crippen LogP) is 5.04. The molecule has 6 aromatic rings. The smallest absolute Gasteiger partial charge is 0.200 e. The normalized spacial score (nSPS) is 11.2. The van der Waals surface area contributed by atoms with Crippen molar-refractivity contribution in [1.29, 1.82) is 0 Å². The maximum atomic E-state index is 6.29. The molecule has 0 spiro atoms. The molecule has 2 aromatic carbocycles. The summed E-state index contributed by atoms with van der Waals surface area (Å²) in [6.45, 7) is 15.1. The van der Waals surface area contributed by atoms with Gasteiger partial charge in [0, 0.05) is 40.9 Å². The molecular formula is C34H42N10O. The monoisotopic (exact) mass is 606 g/mol. The molecule has 8 N–H and O–H groups in total. The highest BCUT2D eigenvalue weighted by Gasteiger charge is 2.21. The molecule has 0 aliphatic carbocycles. The second kappa shape index (κ2) is 12.2. The van der Waals surface area contributed by atoms with Crippen LogP contribution in [0.3, 0.4) is 0 Å². The lowest BCUT2D eigenvalue weighted by Gasteiger charge is -2.16. The van der Waals surface area contributed by atoms with Crippen molar-refractivity contribution in [3.05, 3.63) is 86.7 Å². The van der Waals surface area contributed by atoms with E-state index in [-0.39, 0.29) is 0 Å². The average Bonchev–Trinajstić information content (AvgIpc) is 3.56. The van der Waals surface area contributed by atoms with E-state index in [1.54, 1.807) is 28.5 Å². The molecule has 0 radical (unpaired) electrons. The Labute approximate surface area is 263 Å². The van der Waals surface area contributed by atoms with E-state index in [0.29, 0.717) is 36.1 Å². The number of anilines is 2. The van der Waals surface area contributed by atoms with E-state index in [1.807, 2.05) is 6.92 Å². The number of nitrogen functional groups attached to an aromatic ring is 2. The van der Waals surface area contributed by atoms with Gasteiger partial charge in [-0.15, -0.1) is 0 Å². The highest BCUT2D eigenvalue weighted by Crippen LogP contribution is 2.35. The molecule has 0 atom stereocenters. The minimum absolute atomic E-state index is 0.291. The van der Waals surface area contributed by atoms with Gasteiger partial charge < -0.3 is 27.7 Å². The topological polar surface area (TPSA) is 174 Å². The van der Waals surface area contributed by atoms with Gasteiger partial charge in [0.2, 0.25) is 0 Å². The third-order valence-corrected chi connectivity index (χ3v) is 8.17. The van der Waals surface area contributed by atoms with Gasteiger partial charge in [-0.05, 0) is 70.7 Å². The molecule has 0 aliphatic rings. The molecule has 0 fully saturated rings. The zero-order valence-corrected chi connectivity index (χ0v) is 27.3. The molecule has 0 saturated heterocycles. The minimum atomic E-state index is 0.291. The fourth-order valence-corrected chi connectivity index (χ4v) is 6.25. The van der Waals surface area contributed by atoms with Crippen LogP contribution in [0.2, 0.25) is 0 Å². The van der Waals surface area contributed by atoms with Crippen molar-refractivity contribution >= 4 is 22.9 Å². The summed E-state index contributed by atoms with van der Waals surface area (Å²) < 4.78 is 8.57.